The molecule has 1 aliphatic heterocycles. The van der Waals surface area contributed by atoms with Crippen molar-refractivity contribution in [2.45, 2.75) is 32.1 Å². The number of carbonyl (C=O) groups excluding carboxylic acids is 2. The number of carbonyl (C=O) groups is 2. The van der Waals surface area contributed by atoms with Gasteiger partial charge >= 0.3 is 0 Å². The molecule has 6 heteroatoms. The van der Waals surface area contributed by atoms with Gasteiger partial charge < -0.3 is 10.6 Å². The summed E-state index contributed by atoms with van der Waals surface area (Å²) < 4.78 is 0. The molecule has 1 saturated heterocycles. The number of likely N-dealkylation sites (tertiary alicyclic amines) is 1. The first-order chi connectivity index (χ1) is 10.5. The van der Waals surface area contributed by atoms with Gasteiger partial charge in [0, 0.05) is 19.5 Å². The average Bonchev–Trinajstić information content (AvgIpc) is 2.51. The van der Waals surface area contributed by atoms with E-state index in [0.717, 1.165) is 37.8 Å². The molecule has 2 N–H and O–H groups in total. The number of primary amides is 1. The van der Waals surface area contributed by atoms with Crippen LogP contribution in [0.1, 0.15) is 31.2 Å². The molecule has 0 bridgehead atoms. The highest BCUT2D eigenvalue weighted by Gasteiger charge is 2.26. The number of aryl methyl sites for hydroxylation is 1. The Balaban J connectivity index is 1.79. The van der Waals surface area contributed by atoms with Crippen molar-refractivity contribution in [1.82, 2.24) is 4.90 Å². The Kier molecular flexibility index (Phi) is 6.09. The van der Waals surface area contributed by atoms with Crippen LogP contribution in [0.15, 0.2) is 18.2 Å². The number of hydrogen-bond donors (Lipinski definition) is 1. The molecule has 1 fully saturated rings. The number of hydrogen-bond acceptors (Lipinski definition) is 2. The van der Waals surface area contributed by atoms with Gasteiger partial charge in [-0.3, -0.25) is 9.59 Å². The van der Waals surface area contributed by atoms with E-state index in [4.69, 9.17) is 28.9 Å². The molecule has 120 valence electrons. The van der Waals surface area contributed by atoms with Gasteiger partial charge in [0.15, 0.2) is 0 Å². The normalized spacial score (nSPS) is 18.3. The molecule has 1 unspecified atom stereocenters. The van der Waals surface area contributed by atoms with Crippen molar-refractivity contribution in [3.8, 4) is 0 Å². The summed E-state index contributed by atoms with van der Waals surface area (Å²) in [5, 5.41) is 1.07. The number of nitrogens with zero attached hydrogens (tertiary/aromatic N) is 1. The highest BCUT2D eigenvalue weighted by Crippen LogP contribution is 2.23. The van der Waals surface area contributed by atoms with Crippen LogP contribution in [0.2, 0.25) is 10.0 Å². The molecule has 0 spiro atoms. The molecule has 1 aromatic carbocycles. The van der Waals surface area contributed by atoms with Gasteiger partial charge in [0.1, 0.15) is 0 Å². The maximum absolute atomic E-state index is 12.2. The van der Waals surface area contributed by atoms with Gasteiger partial charge in [-0.05, 0) is 43.4 Å². The predicted molar refractivity (Wildman–Crippen MR) is 87.9 cm³/mol. The minimum absolute atomic E-state index is 0.0889. The van der Waals surface area contributed by atoms with Crippen LogP contribution >= 0.6 is 23.2 Å². The summed E-state index contributed by atoms with van der Waals surface area (Å²) in [6.07, 6.45) is 3.60. The number of benzene rings is 1. The fourth-order valence-corrected chi connectivity index (χ4v) is 3.05. The summed E-state index contributed by atoms with van der Waals surface area (Å²) in [4.78, 5) is 25.2. The molecule has 22 heavy (non-hydrogen) atoms. The van der Waals surface area contributed by atoms with Crippen LogP contribution in [0.4, 0.5) is 0 Å². The second kappa shape index (κ2) is 7.84. The molecule has 4 nitrogen and oxygen atoms in total. The van der Waals surface area contributed by atoms with Crippen LogP contribution in [-0.2, 0) is 16.0 Å². The molecule has 0 saturated carbocycles. The Morgan fingerprint density at radius 1 is 1.27 bits per heavy atom. The highest BCUT2D eigenvalue weighted by atomic mass is 35.5. The van der Waals surface area contributed by atoms with Gasteiger partial charge in [-0.1, -0.05) is 29.3 Å². The lowest BCUT2D eigenvalue weighted by molar-refractivity contribution is -0.135. The Hall–Kier alpha value is -1.26. The van der Waals surface area contributed by atoms with Crippen LogP contribution in [0.3, 0.4) is 0 Å². The third-order valence-electron chi connectivity index (χ3n) is 4.02. The summed E-state index contributed by atoms with van der Waals surface area (Å²) in [7, 11) is 0. The van der Waals surface area contributed by atoms with E-state index in [-0.39, 0.29) is 17.7 Å². The standard InChI is InChI=1S/C16H20Cl2N2O2/c17-13-7-6-11(9-14(13)18)3-1-5-15(21)20-8-2-4-12(10-20)16(19)22/h6-7,9,12H,1-5,8,10H2,(H2,19,22). The predicted octanol–water partition coefficient (Wildman–Crippen LogP) is 3.04. The Labute approximate surface area is 140 Å². The summed E-state index contributed by atoms with van der Waals surface area (Å²) in [5.41, 5.74) is 6.40. The monoisotopic (exact) mass is 342 g/mol. The molecule has 0 radical (unpaired) electrons. The third kappa shape index (κ3) is 4.62. The fraction of sp³-hybridized carbons (Fsp3) is 0.500. The quantitative estimate of drug-likeness (QED) is 0.893. The molecule has 1 heterocycles. The van der Waals surface area contributed by atoms with E-state index in [1.54, 1.807) is 11.0 Å². The summed E-state index contributed by atoms with van der Waals surface area (Å²) >= 11 is 11.8. The van der Waals surface area contributed by atoms with Crippen molar-refractivity contribution in [1.29, 1.82) is 0 Å². The van der Waals surface area contributed by atoms with Crippen molar-refractivity contribution < 1.29 is 9.59 Å². The number of piperidine rings is 1. The van der Waals surface area contributed by atoms with Gasteiger partial charge in [-0.2, -0.15) is 0 Å². The fourth-order valence-electron chi connectivity index (χ4n) is 2.73. The maximum Gasteiger partial charge on any atom is 0.222 e. The smallest absolute Gasteiger partial charge is 0.222 e. The van der Waals surface area contributed by atoms with E-state index >= 15 is 0 Å². The average molecular weight is 343 g/mol. The van der Waals surface area contributed by atoms with E-state index in [1.165, 1.54) is 0 Å². The largest absolute Gasteiger partial charge is 0.369 e. The highest BCUT2D eigenvalue weighted by molar-refractivity contribution is 6.42. The zero-order valence-corrected chi connectivity index (χ0v) is 13.9. The van der Waals surface area contributed by atoms with Crippen LogP contribution in [0, 0.1) is 5.92 Å². The molecule has 1 aromatic rings. The lowest BCUT2D eigenvalue weighted by Crippen LogP contribution is -2.44. The van der Waals surface area contributed by atoms with E-state index in [9.17, 15) is 9.59 Å². The minimum Gasteiger partial charge on any atom is -0.369 e. The molecule has 1 atom stereocenters. The van der Waals surface area contributed by atoms with E-state index < -0.39 is 0 Å². The topological polar surface area (TPSA) is 63.4 Å². The van der Waals surface area contributed by atoms with Gasteiger partial charge in [0.2, 0.25) is 11.8 Å². The minimum atomic E-state index is -0.312. The van der Waals surface area contributed by atoms with E-state index in [1.807, 2.05) is 12.1 Å². The first kappa shape index (κ1) is 17.1. The molecule has 0 aromatic heterocycles. The van der Waals surface area contributed by atoms with Gasteiger partial charge in [0.05, 0.1) is 16.0 Å². The van der Waals surface area contributed by atoms with Crippen molar-refractivity contribution in [3.63, 3.8) is 0 Å². The molecular formula is C16H20Cl2N2O2. The van der Waals surface area contributed by atoms with E-state index in [0.29, 0.717) is 23.0 Å². The lowest BCUT2D eigenvalue weighted by Gasteiger charge is -2.31. The van der Waals surface area contributed by atoms with Crippen molar-refractivity contribution in [2.24, 2.45) is 11.7 Å². The van der Waals surface area contributed by atoms with Crippen LogP contribution in [-0.4, -0.2) is 29.8 Å². The summed E-state index contributed by atoms with van der Waals surface area (Å²) in [5.74, 6) is -0.424. The lowest BCUT2D eigenvalue weighted by atomic mass is 9.97. The molecular weight excluding hydrogens is 323 g/mol. The third-order valence-corrected chi connectivity index (χ3v) is 4.76. The molecule has 2 rings (SSSR count). The first-order valence-corrected chi connectivity index (χ1v) is 8.24. The van der Waals surface area contributed by atoms with Gasteiger partial charge in [-0.15, -0.1) is 0 Å². The first-order valence-electron chi connectivity index (χ1n) is 7.48. The van der Waals surface area contributed by atoms with E-state index in [2.05, 4.69) is 0 Å². The number of halogens is 2. The molecule has 1 aliphatic rings. The van der Waals surface area contributed by atoms with Gasteiger partial charge in [-0.25, -0.2) is 0 Å². The Morgan fingerprint density at radius 3 is 2.73 bits per heavy atom. The maximum atomic E-state index is 12.2. The SMILES string of the molecule is NC(=O)C1CCCN(C(=O)CCCc2ccc(Cl)c(Cl)c2)C1. The van der Waals surface area contributed by atoms with Crippen molar-refractivity contribution in [2.75, 3.05) is 13.1 Å². The number of amides is 2. The number of nitrogens with two attached hydrogens (primary N) is 1. The van der Waals surface area contributed by atoms with Crippen LogP contribution < -0.4 is 5.73 Å². The Morgan fingerprint density at radius 2 is 2.05 bits per heavy atom. The second-order valence-electron chi connectivity index (χ2n) is 5.68. The summed E-state index contributed by atoms with van der Waals surface area (Å²) in [6, 6.07) is 5.52. The van der Waals surface area contributed by atoms with Crippen molar-refractivity contribution >= 4 is 35.0 Å². The van der Waals surface area contributed by atoms with Gasteiger partial charge in [0.25, 0.3) is 0 Å². The van der Waals surface area contributed by atoms with Crippen molar-refractivity contribution in [3.05, 3.63) is 33.8 Å². The Bertz CT molecular complexity index is 563. The zero-order chi connectivity index (χ0) is 16.1. The van der Waals surface area contributed by atoms with Crippen LogP contribution in [0.25, 0.3) is 0 Å². The zero-order valence-electron chi connectivity index (χ0n) is 12.4. The number of rotatable bonds is 5. The summed E-state index contributed by atoms with van der Waals surface area (Å²) in [6.45, 7) is 1.18. The molecule has 0 aliphatic carbocycles. The van der Waals surface area contributed by atoms with Crippen LogP contribution in [0.5, 0.6) is 0 Å². The molecule has 2 amide bonds. The second-order valence-corrected chi connectivity index (χ2v) is 6.50.